The standard InChI is InChI=1S/C20H24N4O4.HI/c1-2-21-20(24-12-14-3-8-17-18(11-14)28-13-27-17)23-10-9-22-19(26)15-4-6-16(25)7-5-15;/h3-8,11,25H,2,9-10,12-13H2,1H3,(H,22,26)(H2,21,23,24);1H. The molecule has 1 aliphatic heterocycles. The Morgan fingerprint density at radius 1 is 1.03 bits per heavy atom. The summed E-state index contributed by atoms with van der Waals surface area (Å²) in [5.74, 6) is 2.10. The summed E-state index contributed by atoms with van der Waals surface area (Å²) >= 11 is 0. The molecule has 1 amide bonds. The number of fused-ring (bicyclic) bond motifs is 1. The van der Waals surface area contributed by atoms with Gasteiger partial charge in [0.15, 0.2) is 17.5 Å². The predicted octanol–water partition coefficient (Wildman–Crippen LogP) is 2.22. The largest absolute Gasteiger partial charge is 0.508 e. The molecule has 0 bridgehead atoms. The number of nitrogens with zero attached hydrogens (tertiary/aromatic N) is 1. The third-order valence-electron chi connectivity index (χ3n) is 4.03. The summed E-state index contributed by atoms with van der Waals surface area (Å²) in [6.45, 7) is 4.43. The number of benzene rings is 2. The molecule has 0 aromatic heterocycles. The third-order valence-corrected chi connectivity index (χ3v) is 4.03. The zero-order valence-corrected chi connectivity index (χ0v) is 18.4. The number of rotatable bonds is 7. The van der Waals surface area contributed by atoms with E-state index in [4.69, 9.17) is 9.47 Å². The first-order chi connectivity index (χ1) is 13.7. The number of hydrogen-bond acceptors (Lipinski definition) is 5. The number of phenols is 1. The average Bonchev–Trinajstić information content (AvgIpc) is 3.17. The summed E-state index contributed by atoms with van der Waals surface area (Å²) in [6, 6.07) is 11.9. The van der Waals surface area contributed by atoms with Gasteiger partial charge < -0.3 is 30.5 Å². The molecule has 0 saturated heterocycles. The van der Waals surface area contributed by atoms with E-state index >= 15 is 0 Å². The number of amides is 1. The minimum absolute atomic E-state index is 0. The van der Waals surface area contributed by atoms with Crippen molar-refractivity contribution in [3.63, 3.8) is 0 Å². The summed E-state index contributed by atoms with van der Waals surface area (Å²) in [5.41, 5.74) is 1.52. The first kappa shape index (κ1) is 22.6. The number of carbonyl (C=O) groups excluding carboxylic acids is 1. The molecule has 2 aromatic rings. The zero-order valence-electron chi connectivity index (χ0n) is 16.1. The Labute approximate surface area is 186 Å². The zero-order chi connectivity index (χ0) is 19.8. The van der Waals surface area contributed by atoms with Crippen molar-refractivity contribution in [3.05, 3.63) is 53.6 Å². The fourth-order valence-electron chi connectivity index (χ4n) is 2.62. The maximum Gasteiger partial charge on any atom is 0.251 e. The number of ether oxygens (including phenoxy) is 2. The molecule has 0 spiro atoms. The molecule has 29 heavy (non-hydrogen) atoms. The Kier molecular flexibility index (Phi) is 8.84. The molecule has 0 aliphatic carbocycles. The normalized spacial score (nSPS) is 12.1. The van der Waals surface area contributed by atoms with Crippen molar-refractivity contribution in [3.8, 4) is 17.2 Å². The number of carbonyl (C=O) groups is 1. The second kappa shape index (κ2) is 11.3. The van der Waals surface area contributed by atoms with Crippen LogP contribution >= 0.6 is 24.0 Å². The molecule has 0 unspecified atom stereocenters. The molecule has 9 heteroatoms. The van der Waals surface area contributed by atoms with E-state index in [1.54, 1.807) is 12.1 Å². The van der Waals surface area contributed by atoms with E-state index < -0.39 is 0 Å². The predicted molar refractivity (Wildman–Crippen MR) is 121 cm³/mol. The number of nitrogens with one attached hydrogen (secondary N) is 3. The van der Waals surface area contributed by atoms with Crippen molar-refractivity contribution in [2.24, 2.45) is 4.99 Å². The highest BCUT2D eigenvalue weighted by molar-refractivity contribution is 14.0. The van der Waals surface area contributed by atoms with E-state index in [9.17, 15) is 9.90 Å². The van der Waals surface area contributed by atoms with Crippen molar-refractivity contribution in [2.45, 2.75) is 13.5 Å². The van der Waals surface area contributed by atoms with Gasteiger partial charge in [-0.1, -0.05) is 6.07 Å². The Hall–Kier alpha value is -2.69. The first-order valence-electron chi connectivity index (χ1n) is 9.13. The van der Waals surface area contributed by atoms with Gasteiger partial charge >= 0.3 is 0 Å². The number of aliphatic imine (C=N–C) groups is 1. The van der Waals surface area contributed by atoms with Gasteiger partial charge in [-0.2, -0.15) is 0 Å². The lowest BCUT2D eigenvalue weighted by Crippen LogP contribution is -2.41. The highest BCUT2D eigenvalue weighted by Crippen LogP contribution is 2.32. The average molecular weight is 512 g/mol. The van der Waals surface area contributed by atoms with Crippen LogP contribution in [-0.2, 0) is 6.54 Å². The van der Waals surface area contributed by atoms with Gasteiger partial charge in [0.25, 0.3) is 5.91 Å². The Balaban J connectivity index is 0.00000300. The summed E-state index contributed by atoms with van der Waals surface area (Å²) in [7, 11) is 0. The van der Waals surface area contributed by atoms with Gasteiger partial charge in [0.2, 0.25) is 6.79 Å². The fourth-order valence-corrected chi connectivity index (χ4v) is 2.62. The quantitative estimate of drug-likeness (QED) is 0.196. The van der Waals surface area contributed by atoms with Crippen LogP contribution in [0, 0.1) is 0 Å². The molecule has 0 saturated carbocycles. The van der Waals surface area contributed by atoms with Crippen molar-refractivity contribution >= 4 is 35.8 Å². The maximum atomic E-state index is 12.0. The smallest absolute Gasteiger partial charge is 0.251 e. The fraction of sp³-hybridized carbons (Fsp3) is 0.300. The Bertz CT molecular complexity index is 843. The van der Waals surface area contributed by atoms with Crippen molar-refractivity contribution in [1.82, 2.24) is 16.0 Å². The second-order valence-electron chi connectivity index (χ2n) is 6.11. The summed E-state index contributed by atoms with van der Waals surface area (Å²) in [5, 5.41) is 18.5. The van der Waals surface area contributed by atoms with Gasteiger partial charge in [-0.3, -0.25) is 4.79 Å². The molecular formula is C20H25IN4O4. The van der Waals surface area contributed by atoms with Gasteiger partial charge in [0.05, 0.1) is 6.54 Å². The second-order valence-corrected chi connectivity index (χ2v) is 6.11. The lowest BCUT2D eigenvalue weighted by atomic mass is 10.2. The molecule has 3 rings (SSSR count). The van der Waals surface area contributed by atoms with E-state index in [1.165, 1.54) is 12.1 Å². The van der Waals surface area contributed by atoms with Crippen LogP contribution in [0.2, 0.25) is 0 Å². The molecule has 1 aliphatic rings. The molecule has 0 radical (unpaired) electrons. The van der Waals surface area contributed by atoms with E-state index in [0.717, 1.165) is 23.6 Å². The van der Waals surface area contributed by atoms with Crippen LogP contribution in [0.1, 0.15) is 22.8 Å². The molecule has 1 heterocycles. The topological polar surface area (TPSA) is 104 Å². The summed E-state index contributed by atoms with van der Waals surface area (Å²) in [4.78, 5) is 16.6. The minimum Gasteiger partial charge on any atom is -0.508 e. The molecule has 156 valence electrons. The SMILES string of the molecule is CCNC(=NCc1ccc2c(c1)OCO2)NCCNC(=O)c1ccc(O)cc1.I. The van der Waals surface area contributed by atoms with Crippen LogP contribution in [0.25, 0.3) is 0 Å². The van der Waals surface area contributed by atoms with Crippen molar-refractivity contribution < 1.29 is 19.4 Å². The molecule has 4 N–H and O–H groups in total. The van der Waals surface area contributed by atoms with Crippen molar-refractivity contribution in [1.29, 1.82) is 0 Å². The molecule has 0 fully saturated rings. The van der Waals surface area contributed by atoms with Gasteiger partial charge in [-0.15, -0.1) is 24.0 Å². The summed E-state index contributed by atoms with van der Waals surface area (Å²) < 4.78 is 10.7. The van der Waals surface area contributed by atoms with Gasteiger partial charge in [-0.25, -0.2) is 4.99 Å². The lowest BCUT2D eigenvalue weighted by molar-refractivity contribution is 0.0954. The molecular weight excluding hydrogens is 487 g/mol. The van der Waals surface area contributed by atoms with Gasteiger partial charge in [0, 0.05) is 25.2 Å². The molecule has 2 aromatic carbocycles. The molecule has 8 nitrogen and oxygen atoms in total. The van der Waals surface area contributed by atoms with E-state index in [-0.39, 0.29) is 42.4 Å². The Morgan fingerprint density at radius 2 is 1.76 bits per heavy atom. The first-order valence-corrected chi connectivity index (χ1v) is 9.13. The van der Waals surface area contributed by atoms with E-state index in [1.807, 2.05) is 25.1 Å². The maximum absolute atomic E-state index is 12.0. The van der Waals surface area contributed by atoms with Crippen LogP contribution in [0.3, 0.4) is 0 Å². The summed E-state index contributed by atoms with van der Waals surface area (Å²) in [6.07, 6.45) is 0. The van der Waals surface area contributed by atoms with Crippen molar-refractivity contribution in [2.75, 3.05) is 26.4 Å². The number of phenolic OH excluding ortho intramolecular Hbond substituents is 1. The van der Waals surface area contributed by atoms with E-state index in [0.29, 0.717) is 31.2 Å². The molecule has 0 atom stereocenters. The third kappa shape index (κ3) is 6.70. The van der Waals surface area contributed by atoms with Crippen LogP contribution < -0.4 is 25.4 Å². The van der Waals surface area contributed by atoms with E-state index in [2.05, 4.69) is 20.9 Å². The van der Waals surface area contributed by atoms with Crippen LogP contribution in [0.4, 0.5) is 0 Å². The number of guanidine groups is 1. The highest BCUT2D eigenvalue weighted by atomic mass is 127. The van der Waals surface area contributed by atoms with Crippen LogP contribution in [-0.4, -0.2) is 43.4 Å². The van der Waals surface area contributed by atoms with Crippen LogP contribution in [0.5, 0.6) is 17.2 Å². The van der Waals surface area contributed by atoms with Gasteiger partial charge in [-0.05, 0) is 48.9 Å². The number of aromatic hydroxyl groups is 1. The lowest BCUT2D eigenvalue weighted by Gasteiger charge is -2.12. The van der Waals surface area contributed by atoms with Gasteiger partial charge in [0.1, 0.15) is 5.75 Å². The number of hydrogen-bond donors (Lipinski definition) is 4. The monoisotopic (exact) mass is 512 g/mol. The Morgan fingerprint density at radius 3 is 2.52 bits per heavy atom. The van der Waals surface area contributed by atoms with Crippen LogP contribution in [0.15, 0.2) is 47.5 Å². The highest BCUT2D eigenvalue weighted by Gasteiger charge is 2.13. The minimum atomic E-state index is -0.191. The number of halogens is 1.